The van der Waals surface area contributed by atoms with Gasteiger partial charge in [0, 0.05) is 19.4 Å². The molecule has 0 aliphatic carbocycles. The number of hydrogen-bond acceptors (Lipinski definition) is 7. The molecule has 9 N–H and O–H groups in total. The second-order valence-electron chi connectivity index (χ2n) is 7.92. The standard InChI is InChI=1S/C19H38N2O3.2H3N.H2O4S/c1-4-5-6-7-8-9-10-11-12-14-18(22)20-15-13-16-21(2,3)17-19(23)24;;;1-5(2,3)4/h4-17H2,1-3H3,(H-,20,22,23,24);2*1H3;(H2,1,2,3,4). The fourth-order valence-corrected chi connectivity index (χ4v) is 2.85. The van der Waals surface area contributed by atoms with Gasteiger partial charge in [0.15, 0.2) is 0 Å². The van der Waals surface area contributed by atoms with Crippen LogP contribution in [0, 0.1) is 0 Å². The first-order valence-corrected chi connectivity index (χ1v) is 11.8. The molecule has 0 rings (SSSR count). The van der Waals surface area contributed by atoms with Crippen molar-refractivity contribution in [3.05, 3.63) is 0 Å². The zero-order valence-corrected chi connectivity index (χ0v) is 20.4. The first-order chi connectivity index (χ1) is 13.4. The van der Waals surface area contributed by atoms with Crippen molar-refractivity contribution in [1.82, 2.24) is 17.6 Å². The van der Waals surface area contributed by atoms with E-state index < -0.39 is 16.4 Å². The van der Waals surface area contributed by atoms with E-state index in [4.69, 9.17) is 17.5 Å². The highest BCUT2D eigenvalue weighted by atomic mass is 32.3. The highest BCUT2D eigenvalue weighted by Crippen LogP contribution is 2.10. The van der Waals surface area contributed by atoms with Crippen LogP contribution in [0.5, 0.6) is 0 Å². The summed E-state index contributed by atoms with van der Waals surface area (Å²) < 4.78 is 32.0. The molecule has 0 aromatic heterocycles. The number of likely N-dealkylation sites (N-methyl/N-ethyl adjacent to an activating group) is 1. The number of carboxylic acid groups (broad SMARTS) is 1. The average Bonchev–Trinajstić information content (AvgIpc) is 2.54. The molecule has 0 aromatic rings. The van der Waals surface area contributed by atoms with Gasteiger partial charge in [-0.2, -0.15) is 8.42 Å². The van der Waals surface area contributed by atoms with E-state index in [-0.39, 0.29) is 24.8 Å². The number of unbranched alkanes of at least 4 members (excludes halogenated alkanes) is 8. The lowest BCUT2D eigenvalue weighted by molar-refractivity contribution is -0.884. The molecule has 0 aliphatic rings. The Kier molecular flexibility index (Phi) is 26.2. The van der Waals surface area contributed by atoms with E-state index in [9.17, 15) is 14.7 Å². The van der Waals surface area contributed by atoms with Crippen molar-refractivity contribution in [2.24, 2.45) is 0 Å². The number of aliphatic carboxylic acids is 1. The molecular weight excluding hydrogens is 428 g/mol. The van der Waals surface area contributed by atoms with Crippen LogP contribution >= 0.6 is 0 Å². The predicted molar refractivity (Wildman–Crippen MR) is 121 cm³/mol. The lowest BCUT2D eigenvalue weighted by Gasteiger charge is -2.30. The third-order valence-electron chi connectivity index (χ3n) is 4.33. The molecule has 0 aromatic carbocycles. The van der Waals surface area contributed by atoms with Gasteiger partial charge in [-0.1, -0.05) is 58.3 Å². The van der Waals surface area contributed by atoms with Crippen LogP contribution in [0.2, 0.25) is 0 Å². The summed E-state index contributed by atoms with van der Waals surface area (Å²) in [5.41, 5.74) is 0. The summed E-state index contributed by atoms with van der Waals surface area (Å²) in [6.07, 6.45) is 12.7. The number of rotatable bonds is 16. The highest BCUT2D eigenvalue weighted by molar-refractivity contribution is 7.79. The number of carbonyl (C=O) groups is 2. The Bertz CT molecular complexity index is 535. The predicted octanol–water partition coefficient (Wildman–Crippen LogP) is 1.91. The number of carbonyl (C=O) groups excluding carboxylic acids is 2. The Hall–Kier alpha value is -1.31. The molecule has 31 heavy (non-hydrogen) atoms. The van der Waals surface area contributed by atoms with E-state index in [0.717, 1.165) is 19.3 Å². The van der Waals surface area contributed by atoms with Crippen LogP contribution in [0.4, 0.5) is 0 Å². The van der Waals surface area contributed by atoms with E-state index in [0.29, 0.717) is 24.0 Å². The maximum absolute atomic E-state index is 11.7. The number of carboxylic acids is 1. The number of nitrogens with one attached hydrogen (secondary N) is 1. The number of hydrogen-bond donors (Lipinski definition) is 5. The van der Waals surface area contributed by atoms with Crippen molar-refractivity contribution in [1.29, 1.82) is 0 Å². The Morgan fingerprint density at radius 3 is 1.71 bits per heavy atom. The van der Waals surface area contributed by atoms with Gasteiger partial charge in [0.05, 0.1) is 26.6 Å². The van der Waals surface area contributed by atoms with Gasteiger partial charge < -0.3 is 32.0 Å². The van der Waals surface area contributed by atoms with Crippen molar-refractivity contribution in [3.63, 3.8) is 0 Å². The normalized spacial score (nSPS) is 10.7. The molecule has 0 aliphatic heterocycles. The van der Waals surface area contributed by atoms with Crippen LogP contribution in [-0.2, 0) is 20.0 Å². The fraction of sp³-hybridized carbons (Fsp3) is 0.895. The zero-order chi connectivity index (χ0) is 22.8. The summed E-state index contributed by atoms with van der Waals surface area (Å²) in [6.45, 7) is 3.57. The van der Waals surface area contributed by atoms with E-state index in [1.807, 2.05) is 14.1 Å². The molecule has 0 saturated heterocycles. The van der Waals surface area contributed by atoms with Crippen molar-refractivity contribution >= 4 is 22.3 Å². The summed E-state index contributed by atoms with van der Waals surface area (Å²) in [7, 11) is -0.945. The van der Waals surface area contributed by atoms with Gasteiger partial charge in [0.1, 0.15) is 6.54 Å². The third kappa shape index (κ3) is 39.7. The molecule has 190 valence electrons. The molecule has 0 heterocycles. The molecule has 0 spiro atoms. The van der Waals surface area contributed by atoms with Crippen molar-refractivity contribution < 1.29 is 36.7 Å². The van der Waals surface area contributed by atoms with Crippen LogP contribution in [0.15, 0.2) is 0 Å². The average molecular weight is 475 g/mol. The summed E-state index contributed by atoms with van der Waals surface area (Å²) in [5.74, 6) is -0.919. The third-order valence-corrected chi connectivity index (χ3v) is 4.33. The molecule has 11 nitrogen and oxygen atoms in total. The van der Waals surface area contributed by atoms with Crippen molar-refractivity contribution in [2.45, 2.75) is 77.6 Å². The highest BCUT2D eigenvalue weighted by Gasteiger charge is 2.14. The van der Waals surface area contributed by atoms with Crippen LogP contribution in [-0.4, -0.2) is 67.6 Å². The van der Waals surface area contributed by atoms with Crippen molar-refractivity contribution in [3.8, 4) is 0 Å². The molecule has 0 radical (unpaired) electrons. The van der Waals surface area contributed by atoms with Gasteiger partial charge in [0.2, 0.25) is 5.91 Å². The molecular formula is C19H46N4O7S. The Morgan fingerprint density at radius 1 is 0.871 bits per heavy atom. The topological polar surface area (TPSA) is 214 Å². The molecule has 0 atom stereocenters. The minimum Gasteiger partial charge on any atom is -0.544 e. The second kappa shape index (κ2) is 21.9. The van der Waals surface area contributed by atoms with E-state index in [1.54, 1.807) is 0 Å². The second-order valence-corrected chi connectivity index (χ2v) is 8.81. The SMILES string of the molecule is CCCCCCCCCCCC(=O)NCCC[N+](C)(C)CC(=O)[O-].N.N.O=S(=O)(O)O. The monoisotopic (exact) mass is 474 g/mol. The molecule has 0 bridgehead atoms. The van der Waals surface area contributed by atoms with Crippen LogP contribution < -0.4 is 22.7 Å². The van der Waals surface area contributed by atoms with Crippen LogP contribution in [0.3, 0.4) is 0 Å². The Labute approximate surface area is 188 Å². The smallest absolute Gasteiger partial charge is 0.394 e. The Balaban J connectivity index is -0.000000464. The minimum absolute atomic E-state index is 0. The summed E-state index contributed by atoms with van der Waals surface area (Å²) in [4.78, 5) is 22.4. The zero-order valence-electron chi connectivity index (χ0n) is 19.6. The molecule has 12 heteroatoms. The largest absolute Gasteiger partial charge is 0.544 e. The molecule has 0 saturated carbocycles. The van der Waals surface area contributed by atoms with Gasteiger partial charge in [-0.3, -0.25) is 13.9 Å². The number of quaternary nitrogens is 1. The Morgan fingerprint density at radius 2 is 1.29 bits per heavy atom. The summed E-state index contributed by atoms with van der Waals surface area (Å²) in [6, 6.07) is 0. The van der Waals surface area contributed by atoms with E-state index >= 15 is 0 Å². The van der Waals surface area contributed by atoms with E-state index in [1.165, 1.54) is 44.9 Å². The van der Waals surface area contributed by atoms with Crippen LogP contribution in [0.25, 0.3) is 0 Å². The maximum atomic E-state index is 11.7. The fourth-order valence-electron chi connectivity index (χ4n) is 2.85. The lowest BCUT2D eigenvalue weighted by Crippen LogP contribution is -2.49. The van der Waals surface area contributed by atoms with Gasteiger partial charge in [-0.05, 0) is 6.42 Å². The first kappa shape index (κ1) is 37.0. The number of nitrogens with zero attached hydrogens (tertiary/aromatic N) is 1. The van der Waals surface area contributed by atoms with Crippen molar-refractivity contribution in [2.75, 3.05) is 33.7 Å². The lowest BCUT2D eigenvalue weighted by atomic mass is 10.1. The maximum Gasteiger partial charge on any atom is 0.394 e. The summed E-state index contributed by atoms with van der Waals surface area (Å²) in [5, 5.41) is 13.5. The molecule has 0 fully saturated rings. The summed E-state index contributed by atoms with van der Waals surface area (Å²) >= 11 is 0. The first-order valence-electron chi connectivity index (χ1n) is 10.4. The van der Waals surface area contributed by atoms with Crippen LogP contribution in [0.1, 0.15) is 77.6 Å². The minimum atomic E-state index is -4.67. The van der Waals surface area contributed by atoms with Gasteiger partial charge in [0.25, 0.3) is 0 Å². The van der Waals surface area contributed by atoms with Gasteiger partial charge in [-0.25, -0.2) is 0 Å². The van der Waals surface area contributed by atoms with Gasteiger partial charge in [-0.15, -0.1) is 0 Å². The van der Waals surface area contributed by atoms with Gasteiger partial charge >= 0.3 is 10.4 Å². The number of amides is 1. The van der Waals surface area contributed by atoms with E-state index in [2.05, 4.69) is 12.2 Å². The quantitative estimate of drug-likeness (QED) is 0.125. The molecule has 0 unspecified atom stereocenters. The molecule has 1 amide bonds.